The maximum atomic E-state index is 13.9. The molecule has 2 heterocycles. The van der Waals surface area contributed by atoms with Gasteiger partial charge in [-0.25, -0.2) is 9.40 Å². The van der Waals surface area contributed by atoms with Crippen molar-refractivity contribution in [3.63, 3.8) is 0 Å². The standard InChI is InChI=1S/C34H37FN4O3S/c1-25(19-27-13-15-29(35)16-14-27)20-32(40)39-31-22-37(17-18-43-24-28-11-7-4-8-12-28)34(42)30(21-26-9-5-3-6-10-26)38(31)33(41)23-36(39)2/h3-16,30-31H,1,17-24H2,2H3/t30-,31-/m0/s1. The maximum Gasteiger partial charge on any atom is 0.245 e. The number of amides is 3. The number of rotatable bonds is 11. The molecule has 0 spiro atoms. The Morgan fingerprint density at radius 3 is 2.26 bits per heavy atom. The molecule has 2 saturated heterocycles. The van der Waals surface area contributed by atoms with E-state index in [0.29, 0.717) is 25.0 Å². The monoisotopic (exact) mass is 600 g/mol. The molecule has 2 aliphatic rings. The Hall–Kier alpha value is -3.95. The molecule has 0 bridgehead atoms. The van der Waals surface area contributed by atoms with Gasteiger partial charge < -0.3 is 9.80 Å². The second-order valence-corrected chi connectivity index (χ2v) is 12.2. The molecule has 0 unspecified atom stereocenters. The highest BCUT2D eigenvalue weighted by molar-refractivity contribution is 7.98. The average Bonchev–Trinajstić information content (AvgIpc) is 2.99. The molecule has 2 fully saturated rings. The highest BCUT2D eigenvalue weighted by atomic mass is 32.2. The summed E-state index contributed by atoms with van der Waals surface area (Å²) in [5, 5.41) is 3.29. The van der Waals surface area contributed by atoms with Crippen LogP contribution < -0.4 is 0 Å². The normalized spacial score (nSPS) is 19.0. The van der Waals surface area contributed by atoms with Crippen LogP contribution >= 0.6 is 11.8 Å². The fourth-order valence-corrected chi connectivity index (χ4v) is 6.72. The van der Waals surface area contributed by atoms with E-state index in [0.717, 1.165) is 22.6 Å². The summed E-state index contributed by atoms with van der Waals surface area (Å²) in [6.45, 7) is 4.87. The Bertz CT molecular complexity index is 1440. The number of carbonyl (C=O) groups excluding carboxylic acids is 3. The van der Waals surface area contributed by atoms with Crippen molar-refractivity contribution in [1.29, 1.82) is 0 Å². The van der Waals surface area contributed by atoms with Gasteiger partial charge in [-0.15, -0.1) is 0 Å². The first-order chi connectivity index (χ1) is 20.8. The van der Waals surface area contributed by atoms with Crippen molar-refractivity contribution in [3.8, 4) is 0 Å². The van der Waals surface area contributed by atoms with E-state index in [9.17, 15) is 18.8 Å². The van der Waals surface area contributed by atoms with Crippen molar-refractivity contribution in [3.05, 3.63) is 120 Å². The van der Waals surface area contributed by atoms with Crippen LogP contribution in [0.1, 0.15) is 23.1 Å². The molecule has 3 amide bonds. The van der Waals surface area contributed by atoms with Crippen LogP contribution in [0.5, 0.6) is 0 Å². The Balaban J connectivity index is 1.34. The first kappa shape index (κ1) is 30.5. The number of fused-ring (bicyclic) bond motifs is 1. The van der Waals surface area contributed by atoms with E-state index in [-0.39, 0.29) is 43.0 Å². The molecule has 0 radical (unpaired) electrons. The maximum absolute atomic E-state index is 13.9. The molecular weight excluding hydrogens is 563 g/mol. The summed E-state index contributed by atoms with van der Waals surface area (Å²) < 4.78 is 13.4. The summed E-state index contributed by atoms with van der Waals surface area (Å²) in [7, 11) is 1.73. The first-order valence-corrected chi connectivity index (χ1v) is 15.7. The van der Waals surface area contributed by atoms with Crippen LogP contribution in [0.4, 0.5) is 4.39 Å². The van der Waals surface area contributed by atoms with Gasteiger partial charge in [-0.05, 0) is 35.2 Å². The average molecular weight is 601 g/mol. The van der Waals surface area contributed by atoms with Crippen molar-refractivity contribution < 1.29 is 18.8 Å². The van der Waals surface area contributed by atoms with E-state index in [4.69, 9.17) is 0 Å². The molecule has 224 valence electrons. The summed E-state index contributed by atoms with van der Waals surface area (Å²) in [6.07, 6.45) is 0.266. The lowest BCUT2D eigenvalue weighted by molar-refractivity contribution is -0.201. The number of likely N-dealkylation sites (N-methyl/N-ethyl adjacent to an activating group) is 1. The predicted molar refractivity (Wildman–Crippen MR) is 167 cm³/mol. The van der Waals surface area contributed by atoms with Crippen LogP contribution in [0.25, 0.3) is 0 Å². The first-order valence-electron chi connectivity index (χ1n) is 14.5. The SMILES string of the molecule is C=C(CC(=O)N1[C@H]2CN(CCSCc3ccccc3)C(=O)[C@H](Cc3ccccc3)N2C(=O)CN1C)Cc1ccc(F)cc1. The van der Waals surface area contributed by atoms with E-state index in [1.807, 2.05) is 53.4 Å². The quantitative estimate of drug-likeness (QED) is 0.239. The van der Waals surface area contributed by atoms with Crippen molar-refractivity contribution in [2.24, 2.45) is 0 Å². The van der Waals surface area contributed by atoms with Crippen molar-refractivity contribution in [2.75, 3.05) is 32.4 Å². The number of piperazine rings is 1. The van der Waals surface area contributed by atoms with Gasteiger partial charge in [-0.1, -0.05) is 84.9 Å². The number of benzene rings is 3. The second-order valence-electron chi connectivity index (χ2n) is 11.1. The van der Waals surface area contributed by atoms with Gasteiger partial charge in [0.25, 0.3) is 0 Å². The molecule has 5 rings (SSSR count). The second kappa shape index (κ2) is 14.0. The lowest BCUT2D eigenvalue weighted by Crippen LogP contribution is -2.75. The number of nitrogens with zero attached hydrogens (tertiary/aromatic N) is 4. The van der Waals surface area contributed by atoms with Crippen LogP contribution in [0.15, 0.2) is 97.1 Å². The van der Waals surface area contributed by atoms with E-state index >= 15 is 0 Å². The molecule has 7 nitrogen and oxygen atoms in total. The van der Waals surface area contributed by atoms with Crippen LogP contribution in [-0.4, -0.2) is 82.2 Å². The molecule has 0 N–H and O–H groups in total. The summed E-state index contributed by atoms with van der Waals surface area (Å²) in [4.78, 5) is 44.7. The highest BCUT2D eigenvalue weighted by Crippen LogP contribution is 2.29. The third-order valence-corrected chi connectivity index (χ3v) is 8.86. The van der Waals surface area contributed by atoms with Gasteiger partial charge in [0.2, 0.25) is 17.7 Å². The zero-order valence-electron chi connectivity index (χ0n) is 24.4. The van der Waals surface area contributed by atoms with Gasteiger partial charge >= 0.3 is 0 Å². The molecule has 2 atom stereocenters. The van der Waals surface area contributed by atoms with E-state index < -0.39 is 12.2 Å². The topological polar surface area (TPSA) is 64.2 Å². The summed E-state index contributed by atoms with van der Waals surface area (Å²) in [5.41, 5.74) is 3.74. The molecule has 0 aliphatic carbocycles. The van der Waals surface area contributed by atoms with Gasteiger partial charge in [0.05, 0.1) is 13.1 Å². The Morgan fingerprint density at radius 2 is 1.58 bits per heavy atom. The van der Waals surface area contributed by atoms with Crippen molar-refractivity contribution in [2.45, 2.75) is 37.2 Å². The number of thioether (sulfide) groups is 1. The summed E-state index contributed by atoms with van der Waals surface area (Å²) in [6, 6.07) is 25.3. The zero-order chi connectivity index (χ0) is 30.3. The number of hydrogen-bond acceptors (Lipinski definition) is 5. The van der Waals surface area contributed by atoms with E-state index in [1.165, 1.54) is 17.7 Å². The summed E-state index contributed by atoms with van der Waals surface area (Å²) >= 11 is 1.75. The minimum Gasteiger partial charge on any atom is -0.336 e. The van der Waals surface area contributed by atoms with Gasteiger partial charge in [0.1, 0.15) is 18.0 Å². The lowest BCUT2D eigenvalue weighted by Gasteiger charge is -2.54. The lowest BCUT2D eigenvalue weighted by atomic mass is 9.98. The Labute approximate surface area is 256 Å². The van der Waals surface area contributed by atoms with Crippen LogP contribution in [0, 0.1) is 5.82 Å². The number of hydrazine groups is 1. The largest absolute Gasteiger partial charge is 0.336 e. The molecule has 43 heavy (non-hydrogen) atoms. The van der Waals surface area contributed by atoms with Gasteiger partial charge in [0.15, 0.2) is 0 Å². The van der Waals surface area contributed by atoms with E-state index in [2.05, 4.69) is 18.7 Å². The predicted octanol–water partition coefficient (Wildman–Crippen LogP) is 4.55. The minimum atomic E-state index is -0.709. The van der Waals surface area contributed by atoms with Crippen LogP contribution in [-0.2, 0) is 33.0 Å². The highest BCUT2D eigenvalue weighted by Gasteiger charge is 2.50. The van der Waals surface area contributed by atoms with E-state index in [1.54, 1.807) is 45.9 Å². The Kier molecular flexibility index (Phi) is 9.94. The fourth-order valence-electron chi connectivity index (χ4n) is 5.80. The molecule has 3 aromatic rings. The third kappa shape index (κ3) is 7.53. The van der Waals surface area contributed by atoms with Crippen molar-refractivity contribution >= 4 is 29.5 Å². The minimum absolute atomic E-state index is 0.00181. The molecule has 0 saturated carbocycles. The van der Waals surface area contributed by atoms with Crippen LogP contribution in [0.2, 0.25) is 0 Å². The molecule has 0 aromatic heterocycles. The fraction of sp³-hybridized carbons (Fsp3) is 0.324. The molecular formula is C34H37FN4O3S. The third-order valence-electron chi connectivity index (χ3n) is 7.85. The van der Waals surface area contributed by atoms with Gasteiger partial charge in [0, 0.05) is 37.9 Å². The zero-order valence-corrected chi connectivity index (χ0v) is 25.2. The summed E-state index contributed by atoms with van der Waals surface area (Å²) in [5.74, 6) is 0.805. The Morgan fingerprint density at radius 1 is 0.930 bits per heavy atom. The molecule has 3 aromatic carbocycles. The number of carbonyl (C=O) groups is 3. The molecule has 2 aliphatic heterocycles. The van der Waals surface area contributed by atoms with Gasteiger partial charge in [-0.2, -0.15) is 11.8 Å². The van der Waals surface area contributed by atoms with Gasteiger partial charge in [-0.3, -0.25) is 19.4 Å². The van der Waals surface area contributed by atoms with Crippen molar-refractivity contribution in [1.82, 2.24) is 19.8 Å². The van der Waals surface area contributed by atoms with Crippen LogP contribution in [0.3, 0.4) is 0 Å². The molecule has 9 heteroatoms. The smallest absolute Gasteiger partial charge is 0.245 e. The number of halogens is 1. The number of hydrogen-bond donors (Lipinski definition) is 0.